The summed E-state index contributed by atoms with van der Waals surface area (Å²) in [6.45, 7) is 4.91. The van der Waals surface area contributed by atoms with Crippen molar-refractivity contribution in [3.63, 3.8) is 0 Å². The Morgan fingerprint density at radius 1 is 1.60 bits per heavy atom. The molecule has 0 spiro atoms. The average molecular weight is 228 g/mol. The van der Waals surface area contributed by atoms with Gasteiger partial charge in [0.1, 0.15) is 0 Å². The summed E-state index contributed by atoms with van der Waals surface area (Å²) in [6, 6.07) is 0.345. The van der Waals surface area contributed by atoms with Gasteiger partial charge in [0.25, 0.3) is 5.91 Å². The quantitative estimate of drug-likeness (QED) is 0.674. The van der Waals surface area contributed by atoms with E-state index in [1.165, 1.54) is 11.8 Å². The first-order chi connectivity index (χ1) is 6.98. The van der Waals surface area contributed by atoms with Crippen LogP contribution in [0.2, 0.25) is 0 Å². The van der Waals surface area contributed by atoms with E-state index in [0.717, 1.165) is 18.2 Å². The van der Waals surface area contributed by atoms with Gasteiger partial charge >= 0.3 is 0 Å². The molecule has 2 aliphatic rings. The number of amidine groups is 1. The molecule has 0 saturated carbocycles. The highest BCUT2D eigenvalue weighted by atomic mass is 32.2. The van der Waals surface area contributed by atoms with Crippen molar-refractivity contribution >= 4 is 22.8 Å². The Balaban J connectivity index is 2.00. The average Bonchev–Trinajstić information content (AvgIpc) is 2.71. The van der Waals surface area contributed by atoms with E-state index in [0.29, 0.717) is 11.8 Å². The molecule has 1 saturated heterocycles. The molecule has 0 aromatic carbocycles. The lowest BCUT2D eigenvalue weighted by molar-refractivity contribution is -0.115. The van der Waals surface area contributed by atoms with Gasteiger partial charge in [-0.1, -0.05) is 11.8 Å². The maximum Gasteiger partial charge on any atom is 0.258 e. The van der Waals surface area contributed by atoms with Crippen molar-refractivity contribution in [2.75, 3.05) is 19.4 Å². The van der Waals surface area contributed by atoms with Crippen molar-refractivity contribution in [3.8, 4) is 0 Å². The number of hydrogen-bond acceptors (Lipinski definition) is 4. The third kappa shape index (κ3) is 2.34. The fourth-order valence-corrected chi connectivity index (χ4v) is 2.73. The first-order valence-corrected chi connectivity index (χ1v) is 6.08. The molecule has 0 aromatic heterocycles. The van der Waals surface area contributed by atoms with E-state index in [9.17, 15) is 4.79 Å². The minimum Gasteiger partial charge on any atom is -0.373 e. The normalized spacial score (nSPS) is 29.4. The number of nitrogens with zero attached hydrogens (tertiary/aromatic N) is 2. The number of carbonyl (C=O) groups excluding carboxylic acids is 1. The van der Waals surface area contributed by atoms with Gasteiger partial charge < -0.3 is 9.64 Å². The molecule has 0 aliphatic carbocycles. The fourth-order valence-electron chi connectivity index (χ4n) is 1.89. The zero-order chi connectivity index (χ0) is 11.1. The number of amides is 1. The summed E-state index contributed by atoms with van der Waals surface area (Å²) in [4.78, 5) is 17.1. The predicted octanol–water partition coefficient (Wildman–Crippen LogP) is 1.12. The number of likely N-dealkylation sites (N-methyl/N-ethyl adjacent to an activating group) is 1. The first kappa shape index (κ1) is 11.0. The smallest absolute Gasteiger partial charge is 0.258 e. The van der Waals surface area contributed by atoms with Crippen LogP contribution in [0.1, 0.15) is 20.3 Å². The van der Waals surface area contributed by atoms with Crippen LogP contribution in [0.5, 0.6) is 0 Å². The highest BCUT2D eigenvalue weighted by Crippen LogP contribution is 2.29. The Bertz CT molecular complexity index is 315. The number of carbonyl (C=O) groups is 1. The molecule has 4 nitrogen and oxygen atoms in total. The summed E-state index contributed by atoms with van der Waals surface area (Å²) in [5, 5.41) is 0.839. The van der Waals surface area contributed by atoms with Crippen molar-refractivity contribution in [2.45, 2.75) is 31.9 Å². The standard InChI is InChI=1S/C10H16N2O2S/c1-10(2)4-7(5-14-10)12(3)9-11-8(13)6-15-9/h7H,4-6H2,1-3H3. The Morgan fingerprint density at radius 3 is 2.80 bits per heavy atom. The summed E-state index contributed by atoms with van der Waals surface area (Å²) in [5.41, 5.74) is -0.0488. The summed E-state index contributed by atoms with van der Waals surface area (Å²) in [7, 11) is 1.99. The van der Waals surface area contributed by atoms with Crippen LogP contribution in [0.25, 0.3) is 0 Å². The van der Waals surface area contributed by atoms with E-state index in [1.54, 1.807) is 0 Å². The third-order valence-corrected chi connectivity index (χ3v) is 3.82. The van der Waals surface area contributed by atoms with E-state index >= 15 is 0 Å². The molecule has 5 heteroatoms. The van der Waals surface area contributed by atoms with Crippen molar-refractivity contribution in [2.24, 2.45) is 4.99 Å². The molecule has 0 radical (unpaired) electrons. The van der Waals surface area contributed by atoms with Crippen LogP contribution in [0.15, 0.2) is 4.99 Å². The number of rotatable bonds is 1. The SMILES string of the molecule is CN(C1=NC(=O)CS1)C1COC(C)(C)C1. The van der Waals surface area contributed by atoms with Crippen LogP contribution >= 0.6 is 11.8 Å². The monoisotopic (exact) mass is 228 g/mol. The predicted molar refractivity (Wildman–Crippen MR) is 61.1 cm³/mol. The molecule has 0 bridgehead atoms. The van der Waals surface area contributed by atoms with Gasteiger partial charge in [0.15, 0.2) is 5.17 Å². The van der Waals surface area contributed by atoms with Gasteiger partial charge in [-0.2, -0.15) is 4.99 Å². The minimum absolute atomic E-state index is 0.0278. The largest absolute Gasteiger partial charge is 0.373 e. The molecule has 1 fully saturated rings. The molecule has 1 amide bonds. The van der Waals surface area contributed by atoms with Crippen LogP contribution < -0.4 is 0 Å². The van der Waals surface area contributed by atoms with Gasteiger partial charge in [-0.3, -0.25) is 4.79 Å². The van der Waals surface area contributed by atoms with Crippen molar-refractivity contribution in [1.82, 2.24) is 4.90 Å². The van der Waals surface area contributed by atoms with Gasteiger partial charge in [-0.15, -0.1) is 0 Å². The van der Waals surface area contributed by atoms with Gasteiger partial charge in [0.05, 0.1) is 24.0 Å². The molecule has 0 aromatic rings. The zero-order valence-corrected chi connectivity index (χ0v) is 10.1. The van der Waals surface area contributed by atoms with E-state index in [2.05, 4.69) is 23.7 Å². The number of thioether (sulfide) groups is 1. The van der Waals surface area contributed by atoms with Crippen LogP contribution in [0, 0.1) is 0 Å². The second-order valence-corrected chi connectivity index (χ2v) is 5.56. The van der Waals surface area contributed by atoms with Crippen molar-refractivity contribution in [1.29, 1.82) is 0 Å². The van der Waals surface area contributed by atoms with Gasteiger partial charge in [0.2, 0.25) is 0 Å². The van der Waals surface area contributed by atoms with E-state index in [4.69, 9.17) is 4.74 Å². The molecule has 2 heterocycles. The fraction of sp³-hybridized carbons (Fsp3) is 0.800. The van der Waals surface area contributed by atoms with Gasteiger partial charge in [-0.25, -0.2) is 0 Å². The molecule has 84 valence electrons. The molecule has 2 rings (SSSR count). The van der Waals surface area contributed by atoms with Crippen LogP contribution in [-0.2, 0) is 9.53 Å². The number of ether oxygens (including phenoxy) is 1. The molecule has 15 heavy (non-hydrogen) atoms. The van der Waals surface area contributed by atoms with Gasteiger partial charge in [0, 0.05) is 7.05 Å². The van der Waals surface area contributed by atoms with Crippen LogP contribution in [0.3, 0.4) is 0 Å². The van der Waals surface area contributed by atoms with Crippen molar-refractivity contribution < 1.29 is 9.53 Å². The molecule has 0 N–H and O–H groups in total. The zero-order valence-electron chi connectivity index (χ0n) is 9.32. The maximum atomic E-state index is 11.0. The number of hydrogen-bond donors (Lipinski definition) is 0. The second kappa shape index (κ2) is 3.79. The Hall–Kier alpha value is -0.550. The summed E-state index contributed by atoms with van der Waals surface area (Å²) in [6.07, 6.45) is 0.983. The lowest BCUT2D eigenvalue weighted by Crippen LogP contribution is -2.36. The first-order valence-electron chi connectivity index (χ1n) is 5.09. The van der Waals surface area contributed by atoms with Crippen LogP contribution in [0.4, 0.5) is 0 Å². The number of aliphatic imine (C=N–C) groups is 1. The molecule has 2 aliphatic heterocycles. The summed E-state index contributed by atoms with van der Waals surface area (Å²) in [5.74, 6) is 0.455. The Labute approximate surface area is 94.1 Å². The second-order valence-electron chi connectivity index (χ2n) is 4.62. The molecular formula is C10H16N2O2S. The van der Waals surface area contributed by atoms with E-state index in [-0.39, 0.29) is 11.5 Å². The highest BCUT2D eigenvalue weighted by molar-refractivity contribution is 8.14. The molecule has 1 atom stereocenters. The molecular weight excluding hydrogens is 212 g/mol. The lowest BCUT2D eigenvalue weighted by atomic mass is 10.0. The maximum absolute atomic E-state index is 11.0. The molecule has 1 unspecified atom stereocenters. The van der Waals surface area contributed by atoms with Crippen LogP contribution in [-0.4, -0.2) is 47.0 Å². The Kier molecular flexibility index (Phi) is 2.77. The van der Waals surface area contributed by atoms with Gasteiger partial charge in [-0.05, 0) is 20.3 Å². The lowest BCUT2D eigenvalue weighted by Gasteiger charge is -2.24. The van der Waals surface area contributed by atoms with E-state index in [1.807, 2.05) is 7.05 Å². The highest BCUT2D eigenvalue weighted by Gasteiger charge is 2.36. The topological polar surface area (TPSA) is 41.9 Å². The van der Waals surface area contributed by atoms with E-state index < -0.39 is 0 Å². The Morgan fingerprint density at radius 2 is 2.33 bits per heavy atom. The third-order valence-electron chi connectivity index (χ3n) is 2.79. The minimum atomic E-state index is -0.0488. The summed E-state index contributed by atoms with van der Waals surface area (Å²) < 4.78 is 5.67. The summed E-state index contributed by atoms with van der Waals surface area (Å²) >= 11 is 1.52. The van der Waals surface area contributed by atoms with Crippen molar-refractivity contribution in [3.05, 3.63) is 0 Å².